The van der Waals surface area contributed by atoms with Gasteiger partial charge in [0.05, 0.1) is 13.0 Å². The quantitative estimate of drug-likeness (QED) is 0.469. The van der Waals surface area contributed by atoms with Gasteiger partial charge in [0.1, 0.15) is 0 Å². The lowest BCUT2D eigenvalue weighted by Gasteiger charge is -2.28. The van der Waals surface area contributed by atoms with E-state index < -0.39 is 13.0 Å². The highest BCUT2D eigenvalue weighted by molar-refractivity contribution is 6.90. The monoisotopic (exact) mass is 351 g/mol. The predicted octanol–water partition coefficient (Wildman–Crippen LogP) is 4.31. The van der Waals surface area contributed by atoms with Gasteiger partial charge >= 0.3 is 0 Å². The standard InChI is InChI=1S/C19H17NO4Si/c1-25(2,3)19-16(12-8-10-13(11-9-12)20(23)24)17(21)14-6-4-5-7-15(14)18(19)22/h4-11H,1-3H3. The number of nitro groups is 1. The Morgan fingerprint density at radius 3 is 1.84 bits per heavy atom. The Labute approximate surface area is 146 Å². The predicted molar refractivity (Wildman–Crippen MR) is 98.5 cm³/mol. The molecule has 126 valence electrons. The first kappa shape index (κ1) is 17.0. The van der Waals surface area contributed by atoms with Crippen molar-refractivity contribution in [2.24, 2.45) is 0 Å². The third-order valence-corrected chi connectivity index (χ3v) is 6.21. The molecule has 0 heterocycles. The van der Waals surface area contributed by atoms with Crippen LogP contribution >= 0.6 is 0 Å². The molecule has 5 nitrogen and oxygen atoms in total. The number of hydrogen-bond donors (Lipinski definition) is 0. The minimum absolute atomic E-state index is 0.0473. The normalized spacial score (nSPS) is 14.5. The lowest BCUT2D eigenvalue weighted by molar-refractivity contribution is -0.384. The Morgan fingerprint density at radius 1 is 0.840 bits per heavy atom. The molecule has 0 fully saturated rings. The highest BCUT2D eigenvalue weighted by atomic mass is 28.3. The smallest absolute Gasteiger partial charge is 0.269 e. The Hall–Kier alpha value is -2.86. The number of non-ortho nitro benzene ring substituents is 1. The summed E-state index contributed by atoms with van der Waals surface area (Å²) in [7, 11) is -2.14. The Balaban J connectivity index is 2.27. The summed E-state index contributed by atoms with van der Waals surface area (Å²) in [4.78, 5) is 36.6. The molecule has 2 aromatic carbocycles. The van der Waals surface area contributed by atoms with Crippen LogP contribution in [0.1, 0.15) is 26.3 Å². The molecule has 2 aromatic rings. The summed E-state index contributed by atoms with van der Waals surface area (Å²) in [5, 5.41) is 11.4. The lowest BCUT2D eigenvalue weighted by Crippen LogP contribution is -2.35. The number of rotatable bonds is 3. The van der Waals surface area contributed by atoms with Crippen molar-refractivity contribution in [3.63, 3.8) is 0 Å². The second-order valence-corrected chi connectivity index (χ2v) is 12.0. The molecule has 0 spiro atoms. The SMILES string of the molecule is C[Si](C)(C)C1=C(c2ccc([N+](=O)[O-])cc2)C(=O)c2ccccc2C1=O. The van der Waals surface area contributed by atoms with E-state index in [0.717, 1.165) is 0 Å². The third kappa shape index (κ3) is 2.85. The van der Waals surface area contributed by atoms with Crippen molar-refractivity contribution < 1.29 is 14.5 Å². The van der Waals surface area contributed by atoms with Crippen molar-refractivity contribution in [3.05, 3.63) is 80.5 Å². The van der Waals surface area contributed by atoms with Gasteiger partial charge in [0.25, 0.3) is 5.69 Å². The summed E-state index contributed by atoms with van der Waals surface area (Å²) < 4.78 is 0. The zero-order valence-corrected chi connectivity index (χ0v) is 15.2. The summed E-state index contributed by atoms with van der Waals surface area (Å²) >= 11 is 0. The summed E-state index contributed by atoms with van der Waals surface area (Å²) in [6, 6.07) is 12.6. The molecule has 0 bridgehead atoms. The maximum atomic E-state index is 13.1. The summed E-state index contributed by atoms with van der Waals surface area (Å²) in [5.41, 5.74) is 1.72. The fraction of sp³-hybridized carbons (Fsp3) is 0.158. The van der Waals surface area contributed by atoms with Gasteiger partial charge in [-0.25, -0.2) is 0 Å². The van der Waals surface area contributed by atoms with Crippen LogP contribution in [0, 0.1) is 10.1 Å². The van der Waals surface area contributed by atoms with Crippen LogP contribution in [0.2, 0.25) is 19.6 Å². The maximum absolute atomic E-state index is 13.1. The molecule has 0 atom stereocenters. The van der Waals surface area contributed by atoms with E-state index in [2.05, 4.69) is 0 Å². The van der Waals surface area contributed by atoms with Crippen LogP contribution in [0.5, 0.6) is 0 Å². The van der Waals surface area contributed by atoms with E-state index in [1.165, 1.54) is 12.1 Å². The molecular formula is C19H17NO4Si. The molecule has 0 saturated heterocycles. The van der Waals surface area contributed by atoms with Gasteiger partial charge in [-0.2, -0.15) is 0 Å². The number of ketones is 2. The van der Waals surface area contributed by atoms with Gasteiger partial charge in [-0.15, -0.1) is 0 Å². The summed E-state index contributed by atoms with van der Waals surface area (Å²) in [5.74, 6) is -0.302. The molecule has 0 N–H and O–H groups in total. The molecule has 0 amide bonds. The number of hydrogen-bond acceptors (Lipinski definition) is 4. The van der Waals surface area contributed by atoms with E-state index in [1.54, 1.807) is 36.4 Å². The molecule has 1 aliphatic carbocycles. The number of benzene rings is 2. The Bertz CT molecular complexity index is 937. The van der Waals surface area contributed by atoms with Gasteiger partial charge in [0.2, 0.25) is 0 Å². The highest BCUT2D eigenvalue weighted by Crippen LogP contribution is 2.37. The first-order valence-electron chi connectivity index (χ1n) is 7.90. The Kier molecular flexibility index (Phi) is 4.00. The molecule has 0 saturated carbocycles. The zero-order chi connectivity index (χ0) is 18.4. The second-order valence-electron chi connectivity index (χ2n) is 7.01. The summed E-state index contributed by atoms with van der Waals surface area (Å²) in [6.07, 6.45) is 0. The van der Waals surface area contributed by atoms with Crippen molar-refractivity contribution in [1.82, 2.24) is 0 Å². The summed E-state index contributed by atoms with van der Waals surface area (Å²) in [6.45, 7) is 6.06. The molecule has 0 unspecified atom stereocenters. The van der Waals surface area contributed by atoms with Crippen LogP contribution in [0.4, 0.5) is 5.69 Å². The largest absolute Gasteiger partial charge is 0.289 e. The lowest BCUT2D eigenvalue weighted by atomic mass is 9.86. The van der Waals surface area contributed by atoms with Crippen molar-refractivity contribution in [1.29, 1.82) is 0 Å². The van der Waals surface area contributed by atoms with Crippen LogP contribution in [-0.2, 0) is 0 Å². The van der Waals surface area contributed by atoms with Gasteiger partial charge in [-0.05, 0) is 22.9 Å². The molecule has 6 heteroatoms. The zero-order valence-electron chi connectivity index (χ0n) is 14.2. The van der Waals surface area contributed by atoms with E-state index in [9.17, 15) is 19.7 Å². The van der Waals surface area contributed by atoms with Gasteiger partial charge < -0.3 is 0 Å². The average molecular weight is 351 g/mol. The topological polar surface area (TPSA) is 77.3 Å². The van der Waals surface area contributed by atoms with Gasteiger partial charge in [0.15, 0.2) is 11.6 Å². The maximum Gasteiger partial charge on any atom is 0.269 e. The number of carbonyl (C=O) groups is 2. The highest BCUT2D eigenvalue weighted by Gasteiger charge is 2.38. The first-order chi connectivity index (χ1) is 11.7. The molecule has 0 radical (unpaired) electrons. The average Bonchev–Trinajstić information content (AvgIpc) is 2.57. The van der Waals surface area contributed by atoms with Gasteiger partial charge in [-0.1, -0.05) is 43.9 Å². The van der Waals surface area contributed by atoms with E-state index in [-0.39, 0.29) is 17.3 Å². The second kappa shape index (κ2) is 5.89. The first-order valence-corrected chi connectivity index (χ1v) is 11.4. The fourth-order valence-electron chi connectivity index (χ4n) is 3.12. The van der Waals surface area contributed by atoms with E-state index in [0.29, 0.717) is 27.5 Å². The molecule has 3 rings (SSSR count). The van der Waals surface area contributed by atoms with Crippen molar-refractivity contribution in [2.75, 3.05) is 0 Å². The minimum atomic E-state index is -2.14. The number of fused-ring (bicyclic) bond motifs is 1. The van der Waals surface area contributed by atoms with E-state index >= 15 is 0 Å². The van der Waals surface area contributed by atoms with E-state index in [1.807, 2.05) is 19.6 Å². The number of carbonyl (C=O) groups excluding carboxylic acids is 2. The van der Waals surface area contributed by atoms with Crippen molar-refractivity contribution >= 4 is 30.9 Å². The minimum Gasteiger partial charge on any atom is -0.289 e. The fourth-order valence-corrected chi connectivity index (χ4v) is 4.94. The number of Topliss-reactive ketones (excluding diaryl/α,β-unsaturated/α-hetero) is 2. The molecule has 0 aromatic heterocycles. The van der Waals surface area contributed by atoms with Crippen LogP contribution < -0.4 is 0 Å². The Morgan fingerprint density at radius 2 is 1.36 bits per heavy atom. The van der Waals surface area contributed by atoms with Crippen LogP contribution in [-0.4, -0.2) is 24.6 Å². The van der Waals surface area contributed by atoms with Crippen LogP contribution in [0.25, 0.3) is 5.57 Å². The van der Waals surface area contributed by atoms with Crippen LogP contribution in [0.15, 0.2) is 53.7 Å². The molecular weight excluding hydrogens is 334 g/mol. The molecule has 1 aliphatic rings. The van der Waals surface area contributed by atoms with Crippen molar-refractivity contribution in [3.8, 4) is 0 Å². The van der Waals surface area contributed by atoms with E-state index in [4.69, 9.17) is 0 Å². The van der Waals surface area contributed by atoms with Crippen LogP contribution in [0.3, 0.4) is 0 Å². The number of allylic oxidation sites excluding steroid dienone is 2. The number of nitrogens with zero attached hydrogens (tertiary/aromatic N) is 1. The van der Waals surface area contributed by atoms with Gasteiger partial charge in [0, 0.05) is 28.8 Å². The molecule has 25 heavy (non-hydrogen) atoms. The molecule has 0 aliphatic heterocycles. The van der Waals surface area contributed by atoms with Gasteiger partial charge in [-0.3, -0.25) is 19.7 Å². The number of nitro benzene ring substituents is 1. The van der Waals surface area contributed by atoms with Crippen molar-refractivity contribution in [2.45, 2.75) is 19.6 Å². The third-order valence-electron chi connectivity index (χ3n) is 4.24.